The largest absolute Gasteiger partial charge is 0.338 e. The first kappa shape index (κ1) is 13.5. The minimum absolute atomic E-state index is 0.329. The first-order valence-corrected chi connectivity index (χ1v) is 6.90. The molecular weight excluding hydrogens is 228 g/mol. The summed E-state index contributed by atoms with van der Waals surface area (Å²) in [4.78, 5) is 6.77. The standard InChI is InChI=1S/C13H24N4O/c1-10(2)13-15-12(18-16-13)9-17(3)11-5-4-7-14-8-6-11/h10-11,14H,4-9H2,1-3H3. The van der Waals surface area contributed by atoms with E-state index in [0.29, 0.717) is 12.0 Å². The van der Waals surface area contributed by atoms with E-state index in [1.54, 1.807) is 0 Å². The molecule has 1 unspecified atom stereocenters. The van der Waals surface area contributed by atoms with E-state index in [4.69, 9.17) is 4.52 Å². The molecule has 1 aliphatic heterocycles. The third-order valence-electron chi connectivity index (χ3n) is 3.55. The van der Waals surface area contributed by atoms with Crippen LogP contribution in [0.25, 0.3) is 0 Å². The van der Waals surface area contributed by atoms with Crippen LogP contribution in [0.1, 0.15) is 50.7 Å². The third-order valence-corrected chi connectivity index (χ3v) is 3.55. The molecule has 1 N–H and O–H groups in total. The molecule has 0 aliphatic carbocycles. The molecule has 2 heterocycles. The van der Waals surface area contributed by atoms with Crippen LogP contribution < -0.4 is 5.32 Å². The van der Waals surface area contributed by atoms with Crippen molar-refractivity contribution in [2.75, 3.05) is 20.1 Å². The fourth-order valence-corrected chi connectivity index (χ4v) is 2.35. The predicted molar refractivity (Wildman–Crippen MR) is 70.4 cm³/mol. The van der Waals surface area contributed by atoms with Gasteiger partial charge in [-0.25, -0.2) is 0 Å². The summed E-state index contributed by atoms with van der Waals surface area (Å²) in [5, 5.41) is 7.44. The highest BCUT2D eigenvalue weighted by atomic mass is 16.5. The van der Waals surface area contributed by atoms with Gasteiger partial charge in [-0.2, -0.15) is 4.98 Å². The Kier molecular flexibility index (Phi) is 4.72. The van der Waals surface area contributed by atoms with Crippen LogP contribution in [-0.2, 0) is 6.54 Å². The fraction of sp³-hybridized carbons (Fsp3) is 0.846. The van der Waals surface area contributed by atoms with Crippen LogP contribution in [-0.4, -0.2) is 41.2 Å². The van der Waals surface area contributed by atoms with Gasteiger partial charge in [0.1, 0.15) is 0 Å². The van der Waals surface area contributed by atoms with Crippen LogP contribution in [0.2, 0.25) is 0 Å². The van der Waals surface area contributed by atoms with E-state index in [-0.39, 0.29) is 0 Å². The van der Waals surface area contributed by atoms with Gasteiger partial charge in [0.2, 0.25) is 5.89 Å². The van der Waals surface area contributed by atoms with Crippen LogP contribution in [0.5, 0.6) is 0 Å². The van der Waals surface area contributed by atoms with Crippen LogP contribution in [0.4, 0.5) is 0 Å². The quantitative estimate of drug-likeness (QED) is 0.885. The molecule has 1 saturated heterocycles. The number of aromatic nitrogens is 2. The zero-order valence-corrected chi connectivity index (χ0v) is 11.6. The monoisotopic (exact) mass is 252 g/mol. The smallest absolute Gasteiger partial charge is 0.240 e. The predicted octanol–water partition coefficient (Wildman–Crippen LogP) is 1.77. The van der Waals surface area contributed by atoms with Crippen LogP contribution in [0, 0.1) is 0 Å². The molecular formula is C13H24N4O. The SMILES string of the molecule is CC(C)c1noc(CN(C)C2CCCNCC2)n1. The van der Waals surface area contributed by atoms with Crippen molar-refractivity contribution in [3.05, 3.63) is 11.7 Å². The van der Waals surface area contributed by atoms with Gasteiger partial charge in [0, 0.05) is 12.0 Å². The maximum atomic E-state index is 5.30. The third kappa shape index (κ3) is 3.53. The van der Waals surface area contributed by atoms with Gasteiger partial charge in [-0.1, -0.05) is 19.0 Å². The summed E-state index contributed by atoms with van der Waals surface area (Å²) in [6, 6.07) is 0.620. The first-order chi connectivity index (χ1) is 8.66. The van der Waals surface area contributed by atoms with Gasteiger partial charge in [-0.3, -0.25) is 4.90 Å². The number of nitrogens with one attached hydrogen (secondary N) is 1. The van der Waals surface area contributed by atoms with E-state index >= 15 is 0 Å². The molecule has 0 spiro atoms. The van der Waals surface area contributed by atoms with Crippen LogP contribution in [0.3, 0.4) is 0 Å². The van der Waals surface area contributed by atoms with E-state index in [1.807, 2.05) is 0 Å². The average molecular weight is 252 g/mol. The molecule has 102 valence electrons. The lowest BCUT2D eigenvalue weighted by atomic mass is 10.1. The molecule has 0 bridgehead atoms. The molecule has 1 aliphatic rings. The van der Waals surface area contributed by atoms with Crippen molar-refractivity contribution in [2.24, 2.45) is 0 Å². The molecule has 5 heteroatoms. The molecule has 18 heavy (non-hydrogen) atoms. The van der Waals surface area contributed by atoms with Crippen molar-refractivity contribution in [1.82, 2.24) is 20.4 Å². The fourth-order valence-electron chi connectivity index (χ4n) is 2.35. The summed E-state index contributed by atoms with van der Waals surface area (Å²) in [6.07, 6.45) is 3.69. The molecule has 5 nitrogen and oxygen atoms in total. The molecule has 1 aromatic heterocycles. The highest BCUT2D eigenvalue weighted by Gasteiger charge is 2.19. The van der Waals surface area contributed by atoms with Crippen molar-refractivity contribution in [3.8, 4) is 0 Å². The molecule has 1 atom stereocenters. The summed E-state index contributed by atoms with van der Waals surface area (Å²) in [5.41, 5.74) is 0. The summed E-state index contributed by atoms with van der Waals surface area (Å²) in [5.74, 6) is 1.87. The van der Waals surface area contributed by atoms with E-state index in [2.05, 4.69) is 41.3 Å². The maximum Gasteiger partial charge on any atom is 0.240 e. The van der Waals surface area contributed by atoms with E-state index in [1.165, 1.54) is 19.3 Å². The average Bonchev–Trinajstić information content (AvgIpc) is 2.64. The first-order valence-electron chi connectivity index (χ1n) is 6.90. The summed E-state index contributed by atoms with van der Waals surface area (Å²) >= 11 is 0. The van der Waals surface area contributed by atoms with Gasteiger partial charge in [-0.05, 0) is 39.4 Å². The molecule has 1 aromatic rings. The Labute approximate surface area is 109 Å². The Bertz CT molecular complexity index is 356. The Morgan fingerprint density at radius 3 is 2.94 bits per heavy atom. The second-order valence-corrected chi connectivity index (χ2v) is 5.45. The number of rotatable bonds is 4. The zero-order valence-electron chi connectivity index (χ0n) is 11.6. The minimum Gasteiger partial charge on any atom is -0.338 e. The van der Waals surface area contributed by atoms with Crippen molar-refractivity contribution in [3.63, 3.8) is 0 Å². The van der Waals surface area contributed by atoms with E-state index < -0.39 is 0 Å². The van der Waals surface area contributed by atoms with Crippen LogP contribution >= 0.6 is 0 Å². The molecule has 1 fully saturated rings. The van der Waals surface area contributed by atoms with Gasteiger partial charge in [0.15, 0.2) is 5.82 Å². The Morgan fingerprint density at radius 2 is 2.22 bits per heavy atom. The zero-order chi connectivity index (χ0) is 13.0. The van der Waals surface area contributed by atoms with Crippen LogP contribution in [0.15, 0.2) is 4.52 Å². The van der Waals surface area contributed by atoms with E-state index in [0.717, 1.165) is 31.3 Å². The van der Waals surface area contributed by atoms with Gasteiger partial charge in [0.25, 0.3) is 0 Å². The summed E-state index contributed by atoms with van der Waals surface area (Å²) in [7, 11) is 2.15. The number of nitrogens with zero attached hydrogens (tertiary/aromatic N) is 3. The second-order valence-electron chi connectivity index (χ2n) is 5.45. The lowest BCUT2D eigenvalue weighted by Crippen LogP contribution is -2.32. The molecule has 2 rings (SSSR count). The maximum absolute atomic E-state index is 5.30. The highest BCUT2D eigenvalue weighted by molar-refractivity contribution is 4.92. The number of hydrogen-bond donors (Lipinski definition) is 1. The lowest BCUT2D eigenvalue weighted by Gasteiger charge is -2.25. The van der Waals surface area contributed by atoms with E-state index in [9.17, 15) is 0 Å². The molecule has 0 amide bonds. The Hall–Kier alpha value is -0.940. The number of hydrogen-bond acceptors (Lipinski definition) is 5. The molecule has 0 radical (unpaired) electrons. The van der Waals surface area contributed by atoms with Gasteiger partial charge < -0.3 is 9.84 Å². The second kappa shape index (κ2) is 6.29. The lowest BCUT2D eigenvalue weighted by molar-refractivity contribution is 0.190. The topological polar surface area (TPSA) is 54.2 Å². The van der Waals surface area contributed by atoms with Crippen molar-refractivity contribution >= 4 is 0 Å². The highest BCUT2D eigenvalue weighted by Crippen LogP contribution is 2.15. The molecule has 0 aromatic carbocycles. The Morgan fingerprint density at radius 1 is 1.39 bits per heavy atom. The van der Waals surface area contributed by atoms with Crippen molar-refractivity contribution in [1.29, 1.82) is 0 Å². The summed E-state index contributed by atoms with van der Waals surface area (Å²) < 4.78 is 5.30. The summed E-state index contributed by atoms with van der Waals surface area (Å²) in [6.45, 7) is 7.16. The van der Waals surface area contributed by atoms with Gasteiger partial charge in [-0.15, -0.1) is 0 Å². The molecule has 0 saturated carbocycles. The van der Waals surface area contributed by atoms with Crippen molar-refractivity contribution < 1.29 is 4.52 Å². The Balaban J connectivity index is 1.90. The normalized spacial score (nSPS) is 21.5. The van der Waals surface area contributed by atoms with Crippen molar-refractivity contribution in [2.45, 2.75) is 51.6 Å². The van der Waals surface area contributed by atoms with Gasteiger partial charge >= 0.3 is 0 Å². The van der Waals surface area contributed by atoms with Gasteiger partial charge in [0.05, 0.1) is 6.54 Å². The minimum atomic E-state index is 0.329.